The Kier molecular flexibility index (Phi) is 6.46. The van der Waals surface area contributed by atoms with E-state index in [1.54, 1.807) is 16.7 Å². The number of hydrogen-bond acceptors (Lipinski definition) is 4. The summed E-state index contributed by atoms with van der Waals surface area (Å²) < 4.78 is 0. The van der Waals surface area contributed by atoms with Crippen molar-refractivity contribution < 1.29 is 10.2 Å². The summed E-state index contributed by atoms with van der Waals surface area (Å²) >= 11 is 0. The first-order valence-electron chi connectivity index (χ1n) is 16.9. The summed E-state index contributed by atoms with van der Waals surface area (Å²) in [5.41, 5.74) is 7.30. The fourth-order valence-corrected chi connectivity index (χ4v) is 12.5. The maximum absolute atomic E-state index is 11.3. The van der Waals surface area contributed by atoms with Crippen molar-refractivity contribution in [3.05, 3.63) is 34.9 Å². The van der Waals surface area contributed by atoms with Crippen molar-refractivity contribution in [2.45, 2.75) is 141 Å². The van der Waals surface area contributed by atoms with Crippen LogP contribution in [0.15, 0.2) is 34.9 Å². The summed E-state index contributed by atoms with van der Waals surface area (Å²) in [6.45, 7) is 16.6. The summed E-state index contributed by atoms with van der Waals surface area (Å²) in [7, 11) is 0. The predicted molar refractivity (Wildman–Crippen MR) is 163 cm³/mol. The van der Waals surface area contributed by atoms with E-state index in [4.69, 9.17) is 0 Å². The van der Waals surface area contributed by atoms with Gasteiger partial charge in [-0.3, -0.25) is 0 Å². The van der Waals surface area contributed by atoms with E-state index < -0.39 is 0 Å². The minimum absolute atomic E-state index is 0.133. The van der Waals surface area contributed by atoms with Crippen LogP contribution >= 0.6 is 0 Å². The van der Waals surface area contributed by atoms with E-state index in [2.05, 4.69) is 51.0 Å². The lowest BCUT2D eigenvalue weighted by Crippen LogP contribution is -2.74. The molecule has 40 heavy (non-hydrogen) atoms. The molecular weight excluding hydrogens is 492 g/mol. The third kappa shape index (κ3) is 3.77. The Hall–Kier alpha value is -0.940. The lowest BCUT2D eigenvalue weighted by Gasteiger charge is -2.65. The maximum atomic E-state index is 11.3. The van der Waals surface area contributed by atoms with Gasteiger partial charge in [0.05, 0.1) is 12.2 Å². The van der Waals surface area contributed by atoms with Crippen molar-refractivity contribution in [2.24, 2.45) is 40.4 Å². The number of rotatable bonds is 5. The molecule has 2 aliphatic heterocycles. The van der Waals surface area contributed by atoms with Crippen LogP contribution in [0.3, 0.4) is 0 Å². The molecule has 7 aliphatic rings. The first kappa shape index (κ1) is 27.9. The largest absolute Gasteiger partial charge is 0.392 e. The highest BCUT2D eigenvalue weighted by atomic mass is 16.3. The number of fused-ring (bicyclic) bond motifs is 3. The molecule has 4 N–H and O–H groups in total. The van der Waals surface area contributed by atoms with E-state index in [1.165, 1.54) is 69.8 Å². The van der Waals surface area contributed by atoms with Gasteiger partial charge in [0.2, 0.25) is 0 Å². The average molecular weight is 549 g/mol. The highest BCUT2D eigenvalue weighted by Crippen LogP contribution is 2.74. The molecule has 0 aromatic heterocycles. The monoisotopic (exact) mass is 548 g/mol. The Balaban J connectivity index is 1.18. The molecule has 0 radical (unpaired) electrons. The summed E-state index contributed by atoms with van der Waals surface area (Å²) in [6, 6.07) is 0.133. The lowest BCUT2D eigenvalue weighted by atomic mass is 9.49. The molecule has 6 fully saturated rings. The van der Waals surface area contributed by atoms with Crippen LogP contribution in [-0.4, -0.2) is 46.1 Å². The molecule has 222 valence electrons. The molecule has 2 saturated heterocycles. The number of aliphatic hydroxyl groups excluding tert-OH is 2. The van der Waals surface area contributed by atoms with E-state index in [0.29, 0.717) is 35.1 Å². The summed E-state index contributed by atoms with van der Waals surface area (Å²) in [5.74, 6) is 3.56. The highest BCUT2D eigenvalue weighted by molar-refractivity contribution is 5.45. The molecule has 0 amide bonds. The molecular formula is C36H56N2O2. The van der Waals surface area contributed by atoms with Gasteiger partial charge in [0.25, 0.3) is 0 Å². The second kappa shape index (κ2) is 9.28. The van der Waals surface area contributed by atoms with E-state index in [0.717, 1.165) is 24.7 Å². The van der Waals surface area contributed by atoms with Gasteiger partial charge in [0.15, 0.2) is 0 Å². The number of piperidine rings is 2. The third-order valence-corrected chi connectivity index (χ3v) is 14.5. The zero-order valence-electron chi connectivity index (χ0n) is 26.0. The molecule has 4 saturated carbocycles. The number of allylic oxidation sites excluding steroid dienone is 4. The molecule has 0 aromatic rings. The lowest BCUT2D eigenvalue weighted by molar-refractivity contribution is -0.0933. The van der Waals surface area contributed by atoms with Crippen molar-refractivity contribution in [3.63, 3.8) is 0 Å². The molecule has 4 heteroatoms. The van der Waals surface area contributed by atoms with Crippen molar-refractivity contribution >= 4 is 0 Å². The van der Waals surface area contributed by atoms with E-state index >= 15 is 0 Å². The second-order valence-corrected chi connectivity index (χ2v) is 16.5. The Labute approximate surface area is 243 Å². The molecule has 2 heterocycles. The normalized spacial score (nSPS) is 52.0. The van der Waals surface area contributed by atoms with Crippen LogP contribution in [0.4, 0.5) is 0 Å². The first-order chi connectivity index (χ1) is 18.9. The maximum Gasteiger partial charge on any atom is 0.0696 e. The predicted octanol–water partition coefficient (Wildman–Crippen LogP) is 6.44. The van der Waals surface area contributed by atoms with Crippen LogP contribution in [0.2, 0.25) is 0 Å². The Morgan fingerprint density at radius 1 is 1.10 bits per heavy atom. The number of nitrogens with one attached hydrogen (secondary N) is 2. The quantitative estimate of drug-likeness (QED) is 0.299. The van der Waals surface area contributed by atoms with Gasteiger partial charge in [0, 0.05) is 23.7 Å². The summed E-state index contributed by atoms with van der Waals surface area (Å²) in [6.07, 6.45) is 17.0. The third-order valence-electron chi connectivity index (χ3n) is 14.5. The zero-order valence-corrected chi connectivity index (χ0v) is 26.0. The van der Waals surface area contributed by atoms with Gasteiger partial charge in [-0.1, -0.05) is 36.3 Å². The standard InChI is InChI=1S/C36H56N2O2/c1-21(2)24-7-9-33(5)19-28(13-22(3)29(33)15-24)35-10-8-26-17-27-14-25-16-31(37-20-23(4)39)32(40)18-30(25)36(27,12-11-35)34(26,6)38-35/h13,23-27,30-32,37-40H,1,7-12,14-20H2,2-6H3. The molecule has 12 unspecified atom stereocenters. The van der Waals surface area contributed by atoms with Gasteiger partial charge in [-0.2, -0.15) is 0 Å². The zero-order chi connectivity index (χ0) is 28.2. The fraction of sp³-hybridized carbons (Fsp3) is 0.833. The van der Waals surface area contributed by atoms with Crippen LogP contribution in [0.1, 0.15) is 112 Å². The molecule has 5 aliphatic carbocycles. The smallest absolute Gasteiger partial charge is 0.0696 e. The fourth-order valence-electron chi connectivity index (χ4n) is 12.5. The minimum Gasteiger partial charge on any atom is -0.392 e. The Morgan fingerprint density at radius 2 is 1.90 bits per heavy atom. The molecule has 12 atom stereocenters. The highest BCUT2D eigenvalue weighted by Gasteiger charge is 2.74. The molecule has 1 spiro atoms. The molecule has 4 nitrogen and oxygen atoms in total. The van der Waals surface area contributed by atoms with Crippen molar-refractivity contribution in [2.75, 3.05) is 6.54 Å². The summed E-state index contributed by atoms with van der Waals surface area (Å²) in [4.78, 5) is 0. The molecule has 7 rings (SSSR count). The molecule has 2 bridgehead atoms. The van der Waals surface area contributed by atoms with Crippen LogP contribution in [0.5, 0.6) is 0 Å². The van der Waals surface area contributed by atoms with Gasteiger partial charge in [-0.15, -0.1) is 0 Å². The van der Waals surface area contributed by atoms with Crippen LogP contribution in [-0.2, 0) is 0 Å². The average Bonchev–Trinajstić information content (AvgIpc) is 3.35. The summed E-state index contributed by atoms with van der Waals surface area (Å²) in [5, 5.41) is 29.2. The minimum atomic E-state index is -0.365. The first-order valence-corrected chi connectivity index (χ1v) is 16.9. The van der Waals surface area contributed by atoms with Gasteiger partial charge in [0.1, 0.15) is 0 Å². The number of hydrogen-bond donors (Lipinski definition) is 4. The molecule has 0 aromatic carbocycles. The van der Waals surface area contributed by atoms with Crippen molar-refractivity contribution in [1.82, 2.24) is 10.6 Å². The van der Waals surface area contributed by atoms with E-state index in [1.807, 2.05) is 6.92 Å². The Morgan fingerprint density at radius 3 is 2.65 bits per heavy atom. The van der Waals surface area contributed by atoms with Crippen LogP contribution in [0, 0.1) is 40.4 Å². The van der Waals surface area contributed by atoms with E-state index in [9.17, 15) is 10.2 Å². The van der Waals surface area contributed by atoms with Crippen LogP contribution < -0.4 is 10.6 Å². The Bertz CT molecular complexity index is 1140. The SMILES string of the molecule is C=C(C)C1CCC2(C)CC(C34CCC5CC6CC7CC(NCC(C)O)C(O)CC7C6(CC3)C5(C)N4)=CC(C)=C2C1. The van der Waals surface area contributed by atoms with Gasteiger partial charge in [-0.05, 0) is 151 Å². The number of aliphatic hydroxyl groups is 2. The second-order valence-electron chi connectivity index (χ2n) is 16.5. The van der Waals surface area contributed by atoms with Gasteiger partial charge in [-0.25, -0.2) is 0 Å². The topological polar surface area (TPSA) is 64.5 Å². The van der Waals surface area contributed by atoms with Crippen LogP contribution in [0.25, 0.3) is 0 Å². The van der Waals surface area contributed by atoms with Crippen molar-refractivity contribution in [3.8, 4) is 0 Å². The van der Waals surface area contributed by atoms with Gasteiger partial charge >= 0.3 is 0 Å². The van der Waals surface area contributed by atoms with E-state index in [-0.39, 0.29) is 29.3 Å². The van der Waals surface area contributed by atoms with Crippen molar-refractivity contribution in [1.29, 1.82) is 0 Å². The van der Waals surface area contributed by atoms with Gasteiger partial charge < -0.3 is 20.8 Å².